The minimum atomic E-state index is -0.506. The van der Waals surface area contributed by atoms with Gasteiger partial charge in [-0.25, -0.2) is 9.48 Å². The van der Waals surface area contributed by atoms with Crippen LogP contribution in [0.4, 0.5) is 10.5 Å². The molecular weight excluding hydrogens is 352 g/mol. The fraction of sp³-hybridized carbons (Fsp3) is 0.105. The van der Waals surface area contributed by atoms with Gasteiger partial charge in [-0.1, -0.05) is 29.8 Å². The van der Waals surface area contributed by atoms with Crippen molar-refractivity contribution in [1.82, 2.24) is 9.78 Å². The van der Waals surface area contributed by atoms with Gasteiger partial charge in [0, 0.05) is 16.8 Å². The molecule has 6 nitrogen and oxygen atoms in total. The molecule has 0 fully saturated rings. The van der Waals surface area contributed by atoms with Crippen LogP contribution in [0.5, 0.6) is 5.88 Å². The Balaban J connectivity index is 1.87. The number of halogens is 1. The molecule has 0 aliphatic carbocycles. The van der Waals surface area contributed by atoms with Crippen LogP contribution in [0.1, 0.15) is 6.92 Å². The highest BCUT2D eigenvalue weighted by Crippen LogP contribution is 2.15. The number of aromatic nitrogens is 2. The second-order valence-corrected chi connectivity index (χ2v) is 5.72. The number of nitrogens with one attached hydrogen (secondary N) is 1. The number of carbonyl (C=O) groups excluding carboxylic acids is 1. The highest BCUT2D eigenvalue weighted by molar-refractivity contribution is 6.30. The monoisotopic (exact) mass is 368 g/mol. The number of urea groups is 1. The van der Waals surface area contributed by atoms with Crippen molar-refractivity contribution in [2.75, 3.05) is 11.9 Å². The van der Waals surface area contributed by atoms with Crippen molar-refractivity contribution in [3.05, 3.63) is 77.2 Å². The van der Waals surface area contributed by atoms with Gasteiger partial charge in [-0.05, 0) is 43.3 Å². The van der Waals surface area contributed by atoms with Crippen LogP contribution in [0.2, 0.25) is 5.02 Å². The number of hydrogen-bond donors (Lipinski definition) is 1. The van der Waals surface area contributed by atoms with Gasteiger partial charge in [-0.2, -0.15) is 10.1 Å². The van der Waals surface area contributed by atoms with E-state index in [9.17, 15) is 4.79 Å². The highest BCUT2D eigenvalue weighted by Gasteiger charge is 2.06. The van der Waals surface area contributed by atoms with Crippen LogP contribution in [0.25, 0.3) is 5.69 Å². The number of benzene rings is 2. The molecule has 0 aliphatic rings. The van der Waals surface area contributed by atoms with Crippen LogP contribution in [-0.2, 0) is 0 Å². The Labute approximate surface area is 155 Å². The first-order valence-electron chi connectivity index (χ1n) is 8.04. The fourth-order valence-corrected chi connectivity index (χ4v) is 2.40. The first kappa shape index (κ1) is 17.7. The van der Waals surface area contributed by atoms with Crippen LogP contribution in [-0.4, -0.2) is 22.4 Å². The first-order chi connectivity index (χ1) is 12.7. The molecule has 0 aliphatic heterocycles. The Hall–Kier alpha value is -3.12. The zero-order valence-electron chi connectivity index (χ0n) is 14.1. The average molecular weight is 369 g/mol. The summed E-state index contributed by atoms with van der Waals surface area (Å²) in [6, 6.07) is 17.5. The van der Waals surface area contributed by atoms with E-state index in [0.717, 1.165) is 5.69 Å². The molecule has 0 atom stereocenters. The van der Waals surface area contributed by atoms with Crippen molar-refractivity contribution < 1.29 is 9.53 Å². The van der Waals surface area contributed by atoms with E-state index in [2.05, 4.69) is 15.4 Å². The summed E-state index contributed by atoms with van der Waals surface area (Å²) in [5.74, 6) is 0.499. The van der Waals surface area contributed by atoms with Crippen molar-refractivity contribution in [3.63, 3.8) is 0 Å². The largest absolute Gasteiger partial charge is 0.478 e. The van der Waals surface area contributed by atoms with Gasteiger partial charge in [-0.3, -0.25) is 0 Å². The zero-order chi connectivity index (χ0) is 18.4. The Morgan fingerprint density at radius 3 is 2.62 bits per heavy atom. The predicted molar refractivity (Wildman–Crippen MR) is 101 cm³/mol. The maximum atomic E-state index is 12.1. The maximum Gasteiger partial charge on any atom is 0.345 e. The quantitative estimate of drug-likeness (QED) is 0.755. The normalized spacial score (nSPS) is 11.2. The Bertz CT molecular complexity index is 953. The molecule has 0 saturated heterocycles. The average Bonchev–Trinajstić information content (AvgIpc) is 2.65. The molecule has 1 aromatic heterocycles. The van der Waals surface area contributed by atoms with Gasteiger partial charge < -0.3 is 10.1 Å². The van der Waals surface area contributed by atoms with Gasteiger partial charge in [0.15, 0.2) is 0 Å². The van der Waals surface area contributed by atoms with E-state index in [4.69, 9.17) is 16.3 Å². The number of nitrogens with zero attached hydrogens (tertiary/aromatic N) is 3. The van der Waals surface area contributed by atoms with Crippen LogP contribution in [0, 0.1) is 0 Å². The SMILES string of the molecule is CCOc1c/c(=N\C(=O)Nc2ccc(Cl)cc2)cnn1-c1ccccc1. The minimum absolute atomic E-state index is 0.395. The standard InChI is InChI=1S/C19H17ClN4O2/c1-2-26-18-12-16(13-21-24(18)17-6-4-3-5-7-17)23-19(25)22-15-10-8-14(20)9-11-15/h3-13H,2H2,1H3,(H,22,25)/b23-16+. The summed E-state index contributed by atoms with van der Waals surface area (Å²) in [6.07, 6.45) is 1.51. The van der Waals surface area contributed by atoms with Gasteiger partial charge in [0.05, 0.1) is 23.8 Å². The number of hydrogen-bond acceptors (Lipinski definition) is 3. The lowest BCUT2D eigenvalue weighted by Crippen LogP contribution is -2.17. The molecule has 0 bridgehead atoms. The smallest absolute Gasteiger partial charge is 0.345 e. The van der Waals surface area contributed by atoms with Gasteiger partial charge in [0.2, 0.25) is 5.88 Å². The summed E-state index contributed by atoms with van der Waals surface area (Å²) in [5, 5.41) is 8.01. The third-order valence-electron chi connectivity index (χ3n) is 3.40. The fourth-order valence-electron chi connectivity index (χ4n) is 2.28. The van der Waals surface area contributed by atoms with Crippen LogP contribution in [0.3, 0.4) is 0 Å². The predicted octanol–water partition coefficient (Wildman–Crippen LogP) is 4.06. The third-order valence-corrected chi connectivity index (χ3v) is 3.66. The van der Waals surface area contributed by atoms with E-state index >= 15 is 0 Å². The minimum Gasteiger partial charge on any atom is -0.478 e. The Kier molecular flexibility index (Phi) is 5.66. The van der Waals surface area contributed by atoms with Crippen LogP contribution < -0.4 is 15.4 Å². The molecule has 0 radical (unpaired) electrons. The Morgan fingerprint density at radius 1 is 1.19 bits per heavy atom. The molecule has 0 unspecified atom stereocenters. The second-order valence-electron chi connectivity index (χ2n) is 5.28. The summed E-state index contributed by atoms with van der Waals surface area (Å²) in [5.41, 5.74) is 1.46. The number of para-hydroxylation sites is 1. The first-order valence-corrected chi connectivity index (χ1v) is 8.42. The number of carbonyl (C=O) groups is 1. The molecule has 0 saturated carbocycles. The lowest BCUT2D eigenvalue weighted by atomic mass is 10.3. The lowest BCUT2D eigenvalue weighted by Gasteiger charge is -2.11. The number of amides is 2. The molecule has 0 spiro atoms. The molecular formula is C19H17ClN4O2. The van der Waals surface area contributed by atoms with Crippen LogP contribution in [0.15, 0.2) is 71.9 Å². The molecule has 132 valence electrons. The van der Waals surface area contributed by atoms with Crippen molar-refractivity contribution in [1.29, 1.82) is 0 Å². The summed E-state index contributed by atoms with van der Waals surface area (Å²) >= 11 is 5.83. The summed E-state index contributed by atoms with van der Waals surface area (Å²) in [6.45, 7) is 2.35. The van der Waals surface area contributed by atoms with E-state index in [1.807, 2.05) is 37.3 Å². The topological polar surface area (TPSA) is 68.5 Å². The van der Waals surface area contributed by atoms with Crippen molar-refractivity contribution >= 4 is 23.3 Å². The van der Waals surface area contributed by atoms with Crippen molar-refractivity contribution in [2.45, 2.75) is 6.92 Å². The highest BCUT2D eigenvalue weighted by atomic mass is 35.5. The molecule has 2 aromatic carbocycles. The Morgan fingerprint density at radius 2 is 1.92 bits per heavy atom. The molecule has 1 heterocycles. The number of ether oxygens (including phenoxy) is 1. The molecule has 1 N–H and O–H groups in total. The van der Waals surface area contributed by atoms with E-state index in [1.54, 1.807) is 35.0 Å². The molecule has 3 aromatic rings. The van der Waals surface area contributed by atoms with Gasteiger partial charge in [-0.15, -0.1) is 0 Å². The molecule has 3 rings (SSSR count). The summed E-state index contributed by atoms with van der Waals surface area (Å²) in [7, 11) is 0. The van der Waals surface area contributed by atoms with E-state index in [1.165, 1.54) is 6.20 Å². The van der Waals surface area contributed by atoms with E-state index in [-0.39, 0.29) is 0 Å². The lowest BCUT2D eigenvalue weighted by molar-refractivity contribution is 0.259. The number of rotatable bonds is 4. The van der Waals surface area contributed by atoms with Gasteiger partial charge in [0.1, 0.15) is 0 Å². The molecule has 2 amide bonds. The second kappa shape index (κ2) is 8.31. The summed E-state index contributed by atoms with van der Waals surface area (Å²) in [4.78, 5) is 16.1. The maximum absolute atomic E-state index is 12.1. The third kappa shape index (κ3) is 4.49. The van der Waals surface area contributed by atoms with Crippen molar-refractivity contribution in [3.8, 4) is 11.6 Å². The van der Waals surface area contributed by atoms with E-state index in [0.29, 0.717) is 28.6 Å². The van der Waals surface area contributed by atoms with Crippen LogP contribution >= 0.6 is 11.6 Å². The zero-order valence-corrected chi connectivity index (χ0v) is 14.8. The van der Waals surface area contributed by atoms with E-state index < -0.39 is 6.03 Å². The van der Waals surface area contributed by atoms with Crippen molar-refractivity contribution in [2.24, 2.45) is 4.99 Å². The van der Waals surface area contributed by atoms with Gasteiger partial charge in [0.25, 0.3) is 0 Å². The number of anilines is 1. The molecule has 26 heavy (non-hydrogen) atoms. The molecule has 7 heteroatoms. The van der Waals surface area contributed by atoms with Gasteiger partial charge >= 0.3 is 6.03 Å². The summed E-state index contributed by atoms with van der Waals surface area (Å²) < 4.78 is 7.29.